The van der Waals surface area contributed by atoms with Gasteiger partial charge in [-0.15, -0.1) is 11.3 Å². The SMILES string of the molecule is CCOC(=O)c1c(NC(=O)/C(C#N)=C/c2ccc(-c3cc(Cl)ccc3Cl)o2)sc2c1CCC(C)C2. The Hall–Kier alpha value is -3.05. The minimum Gasteiger partial charge on any atom is -0.462 e. The minimum absolute atomic E-state index is 0.169. The van der Waals surface area contributed by atoms with Crippen LogP contribution in [-0.2, 0) is 22.4 Å². The third-order valence-electron chi connectivity index (χ3n) is 5.69. The Kier molecular flexibility index (Phi) is 7.66. The summed E-state index contributed by atoms with van der Waals surface area (Å²) < 4.78 is 11.0. The van der Waals surface area contributed by atoms with Crippen LogP contribution in [0.15, 0.2) is 40.3 Å². The highest BCUT2D eigenvalue weighted by Crippen LogP contribution is 2.40. The van der Waals surface area contributed by atoms with Gasteiger partial charge < -0.3 is 14.5 Å². The predicted molar refractivity (Wildman–Crippen MR) is 138 cm³/mol. The Balaban J connectivity index is 1.61. The van der Waals surface area contributed by atoms with Gasteiger partial charge in [-0.25, -0.2) is 4.79 Å². The van der Waals surface area contributed by atoms with E-state index < -0.39 is 11.9 Å². The molecule has 0 aliphatic heterocycles. The normalized spacial score (nSPS) is 15.3. The lowest BCUT2D eigenvalue weighted by Crippen LogP contribution is -2.17. The number of fused-ring (bicyclic) bond motifs is 1. The number of ether oxygens (including phenoxy) is 1. The zero-order valence-corrected chi connectivity index (χ0v) is 21.4. The van der Waals surface area contributed by atoms with E-state index in [2.05, 4.69) is 12.2 Å². The molecule has 0 spiro atoms. The van der Waals surface area contributed by atoms with Crippen LogP contribution in [0.3, 0.4) is 0 Å². The van der Waals surface area contributed by atoms with Gasteiger partial charge in [-0.05, 0) is 68.0 Å². The van der Waals surface area contributed by atoms with Crippen molar-refractivity contribution in [3.8, 4) is 17.4 Å². The molecule has 180 valence electrons. The summed E-state index contributed by atoms with van der Waals surface area (Å²) in [5.41, 5.74) is 1.75. The Morgan fingerprint density at radius 2 is 2.11 bits per heavy atom. The number of hydrogen-bond donors (Lipinski definition) is 1. The van der Waals surface area contributed by atoms with Crippen LogP contribution in [0.25, 0.3) is 17.4 Å². The average Bonchev–Trinajstić information content (AvgIpc) is 3.43. The lowest BCUT2D eigenvalue weighted by atomic mass is 9.88. The molecule has 0 fully saturated rings. The lowest BCUT2D eigenvalue weighted by Gasteiger charge is -2.18. The molecule has 1 aliphatic carbocycles. The van der Waals surface area contributed by atoms with Crippen molar-refractivity contribution in [1.82, 2.24) is 0 Å². The van der Waals surface area contributed by atoms with Crippen LogP contribution in [0, 0.1) is 17.2 Å². The van der Waals surface area contributed by atoms with Crippen LogP contribution in [0.5, 0.6) is 0 Å². The molecule has 35 heavy (non-hydrogen) atoms. The Labute approximate surface area is 217 Å². The first-order valence-corrected chi connectivity index (χ1v) is 12.7. The van der Waals surface area contributed by atoms with Crippen molar-refractivity contribution < 1.29 is 18.7 Å². The summed E-state index contributed by atoms with van der Waals surface area (Å²) in [6, 6.07) is 10.2. The van der Waals surface area contributed by atoms with Crippen molar-refractivity contribution in [2.24, 2.45) is 5.92 Å². The molecule has 2 aromatic heterocycles. The van der Waals surface area contributed by atoms with Crippen molar-refractivity contribution >= 4 is 57.5 Å². The van der Waals surface area contributed by atoms with Crippen LogP contribution >= 0.6 is 34.5 Å². The van der Waals surface area contributed by atoms with Crippen LogP contribution in [0.2, 0.25) is 10.0 Å². The molecule has 0 bridgehead atoms. The number of hydrogen-bond acceptors (Lipinski definition) is 6. The molecule has 3 aromatic rings. The second-order valence-corrected chi connectivity index (χ2v) is 10.2. The van der Waals surface area contributed by atoms with Gasteiger partial charge in [0.1, 0.15) is 28.2 Å². The monoisotopic (exact) mass is 528 g/mol. The van der Waals surface area contributed by atoms with Gasteiger partial charge in [0, 0.05) is 21.5 Å². The van der Waals surface area contributed by atoms with Crippen LogP contribution in [0.4, 0.5) is 5.00 Å². The highest BCUT2D eigenvalue weighted by molar-refractivity contribution is 7.17. The summed E-state index contributed by atoms with van der Waals surface area (Å²) in [4.78, 5) is 26.8. The van der Waals surface area contributed by atoms with Crippen LogP contribution in [0.1, 0.15) is 46.8 Å². The Morgan fingerprint density at radius 3 is 2.86 bits per heavy atom. The van der Waals surface area contributed by atoms with E-state index in [4.69, 9.17) is 32.4 Å². The van der Waals surface area contributed by atoms with Crippen molar-refractivity contribution in [3.63, 3.8) is 0 Å². The predicted octanol–water partition coefficient (Wildman–Crippen LogP) is 7.16. The third-order valence-corrected chi connectivity index (χ3v) is 7.43. The van der Waals surface area contributed by atoms with E-state index in [-0.39, 0.29) is 12.2 Å². The van der Waals surface area contributed by atoms with Gasteiger partial charge in [0.15, 0.2) is 0 Å². The maximum Gasteiger partial charge on any atom is 0.341 e. The number of furan rings is 1. The quantitative estimate of drug-likeness (QED) is 0.208. The van der Waals surface area contributed by atoms with Crippen molar-refractivity contribution in [2.45, 2.75) is 33.1 Å². The topological polar surface area (TPSA) is 92.3 Å². The molecule has 1 unspecified atom stereocenters. The van der Waals surface area contributed by atoms with Gasteiger partial charge in [0.05, 0.1) is 17.2 Å². The van der Waals surface area contributed by atoms with E-state index in [9.17, 15) is 14.9 Å². The number of carbonyl (C=O) groups excluding carboxylic acids is 2. The smallest absolute Gasteiger partial charge is 0.341 e. The number of benzene rings is 1. The number of carbonyl (C=O) groups is 2. The summed E-state index contributed by atoms with van der Waals surface area (Å²) in [6.45, 7) is 4.13. The molecule has 1 aromatic carbocycles. The molecule has 0 saturated carbocycles. The minimum atomic E-state index is -0.636. The molecule has 9 heteroatoms. The van der Waals surface area contributed by atoms with E-state index in [1.54, 1.807) is 37.3 Å². The number of halogens is 2. The highest BCUT2D eigenvalue weighted by atomic mass is 35.5. The van der Waals surface area contributed by atoms with Gasteiger partial charge in [-0.1, -0.05) is 30.1 Å². The molecule has 1 N–H and O–H groups in total. The number of esters is 1. The number of amides is 1. The summed E-state index contributed by atoms with van der Waals surface area (Å²) in [6.07, 6.45) is 3.89. The van der Waals surface area contributed by atoms with Crippen LogP contribution in [-0.4, -0.2) is 18.5 Å². The summed E-state index contributed by atoms with van der Waals surface area (Å²) in [5, 5.41) is 13.8. The first kappa shape index (κ1) is 25.1. The number of nitriles is 1. The summed E-state index contributed by atoms with van der Waals surface area (Å²) in [7, 11) is 0. The average molecular weight is 529 g/mol. The third kappa shape index (κ3) is 5.46. The zero-order chi connectivity index (χ0) is 25.1. The number of nitrogens with zero attached hydrogens (tertiary/aromatic N) is 1. The van der Waals surface area contributed by atoms with Crippen molar-refractivity contribution in [3.05, 3.63) is 67.7 Å². The number of anilines is 1. The molecule has 1 atom stereocenters. The van der Waals surface area contributed by atoms with E-state index in [1.807, 2.05) is 6.07 Å². The summed E-state index contributed by atoms with van der Waals surface area (Å²) in [5.74, 6) is 0.143. The molecule has 0 saturated heterocycles. The fourth-order valence-electron chi connectivity index (χ4n) is 3.98. The Morgan fingerprint density at radius 1 is 1.31 bits per heavy atom. The van der Waals surface area contributed by atoms with Crippen molar-refractivity contribution in [2.75, 3.05) is 11.9 Å². The number of rotatable bonds is 6. The van der Waals surface area contributed by atoms with Gasteiger partial charge in [0.25, 0.3) is 5.91 Å². The molecule has 4 rings (SSSR count). The molecule has 1 aliphatic rings. The zero-order valence-electron chi connectivity index (χ0n) is 19.1. The number of thiophene rings is 1. The number of nitrogens with one attached hydrogen (secondary N) is 1. The largest absolute Gasteiger partial charge is 0.462 e. The van der Waals surface area contributed by atoms with Gasteiger partial charge >= 0.3 is 5.97 Å². The standard InChI is InChI=1S/C26H22Cl2N2O4S/c1-3-33-26(32)23-18-7-4-14(2)10-22(18)35-25(23)30-24(31)15(13-29)11-17-6-9-21(34-17)19-12-16(27)5-8-20(19)28/h5-6,8-9,11-12,14H,3-4,7,10H2,1-2H3,(H,30,31)/b15-11+. The van der Waals surface area contributed by atoms with E-state index >= 15 is 0 Å². The van der Waals surface area contributed by atoms with E-state index in [1.165, 1.54) is 17.4 Å². The second kappa shape index (κ2) is 10.7. The lowest BCUT2D eigenvalue weighted by molar-refractivity contribution is -0.112. The van der Waals surface area contributed by atoms with Gasteiger partial charge in [-0.3, -0.25) is 4.79 Å². The maximum absolute atomic E-state index is 13.0. The van der Waals surface area contributed by atoms with Crippen molar-refractivity contribution in [1.29, 1.82) is 5.26 Å². The van der Waals surface area contributed by atoms with Crippen LogP contribution < -0.4 is 5.32 Å². The second-order valence-electron chi connectivity index (χ2n) is 8.23. The molecule has 0 radical (unpaired) electrons. The molecular formula is C26H22Cl2N2O4S. The van der Waals surface area contributed by atoms with Gasteiger partial charge in [-0.2, -0.15) is 5.26 Å². The highest BCUT2D eigenvalue weighted by Gasteiger charge is 2.29. The maximum atomic E-state index is 13.0. The fraction of sp³-hybridized carbons (Fsp3) is 0.269. The molecule has 2 heterocycles. The molecule has 1 amide bonds. The summed E-state index contributed by atoms with van der Waals surface area (Å²) >= 11 is 13.7. The molecular weight excluding hydrogens is 507 g/mol. The molecule has 6 nitrogen and oxygen atoms in total. The Bertz CT molecular complexity index is 1370. The first-order valence-electron chi connectivity index (χ1n) is 11.1. The van der Waals surface area contributed by atoms with E-state index in [0.717, 1.165) is 29.7 Å². The first-order chi connectivity index (χ1) is 16.8. The van der Waals surface area contributed by atoms with Gasteiger partial charge in [0.2, 0.25) is 0 Å². The van der Waals surface area contributed by atoms with E-state index in [0.29, 0.717) is 43.6 Å². The fourth-order valence-corrected chi connectivity index (χ4v) is 5.76.